The zero-order chi connectivity index (χ0) is 9.42. The molecule has 70 valence electrons. The van der Waals surface area contributed by atoms with Gasteiger partial charge in [0.05, 0.1) is 0 Å². The second kappa shape index (κ2) is 2.98. The summed E-state index contributed by atoms with van der Waals surface area (Å²) < 4.78 is 5.12. The molecule has 1 heterocycles. The second-order valence-corrected chi connectivity index (χ2v) is 3.71. The Bertz CT molecular complexity index is 280. The van der Waals surface area contributed by atoms with Crippen LogP contribution in [0.1, 0.15) is 25.7 Å². The average molecular weight is 180 g/mol. The summed E-state index contributed by atoms with van der Waals surface area (Å²) in [6.07, 6.45) is 2.63. The monoisotopic (exact) mass is 180 g/mol. The van der Waals surface area contributed by atoms with Crippen LogP contribution in [0.5, 0.6) is 0 Å². The molecule has 1 saturated heterocycles. The quantitative estimate of drug-likeness (QED) is 0.416. The highest BCUT2D eigenvalue weighted by Gasteiger charge is 2.40. The highest BCUT2D eigenvalue weighted by molar-refractivity contribution is 5.92. The zero-order valence-corrected chi connectivity index (χ0v) is 7.41. The summed E-state index contributed by atoms with van der Waals surface area (Å²) in [5, 5.41) is 0. The number of hydrogen-bond donors (Lipinski definition) is 0. The van der Waals surface area contributed by atoms with E-state index in [-0.39, 0.29) is 23.8 Å². The lowest BCUT2D eigenvalue weighted by atomic mass is 9.93. The molecule has 1 aliphatic heterocycles. The van der Waals surface area contributed by atoms with E-state index < -0.39 is 0 Å². The minimum Gasteiger partial charge on any atom is -0.458 e. The van der Waals surface area contributed by atoms with Crippen LogP contribution in [-0.4, -0.2) is 17.9 Å². The summed E-state index contributed by atoms with van der Waals surface area (Å²) >= 11 is 0. The Morgan fingerprint density at radius 1 is 1.38 bits per heavy atom. The summed E-state index contributed by atoms with van der Waals surface area (Å²) in [7, 11) is 0. The van der Waals surface area contributed by atoms with Gasteiger partial charge in [-0.1, -0.05) is 6.58 Å². The van der Waals surface area contributed by atoms with E-state index in [2.05, 4.69) is 6.58 Å². The fourth-order valence-electron chi connectivity index (χ4n) is 2.03. The number of rotatable bonds is 0. The van der Waals surface area contributed by atoms with Crippen molar-refractivity contribution >= 4 is 11.8 Å². The number of ketones is 1. The fourth-order valence-corrected chi connectivity index (χ4v) is 2.03. The van der Waals surface area contributed by atoms with E-state index in [0.29, 0.717) is 18.4 Å². The minimum atomic E-state index is -0.315. The van der Waals surface area contributed by atoms with Gasteiger partial charge in [-0.25, -0.2) is 4.79 Å². The molecule has 0 N–H and O–H groups in total. The van der Waals surface area contributed by atoms with Gasteiger partial charge in [0.1, 0.15) is 11.9 Å². The smallest absolute Gasteiger partial charge is 0.334 e. The molecule has 0 aromatic rings. The Hall–Kier alpha value is -1.12. The lowest BCUT2D eigenvalue weighted by Crippen LogP contribution is -2.15. The predicted molar refractivity (Wildman–Crippen MR) is 46.0 cm³/mol. The number of carbonyl (C=O) groups is 2. The first-order valence-electron chi connectivity index (χ1n) is 4.60. The van der Waals surface area contributed by atoms with Crippen molar-refractivity contribution in [3.63, 3.8) is 0 Å². The van der Waals surface area contributed by atoms with Crippen LogP contribution in [0, 0.1) is 5.92 Å². The molecule has 0 amide bonds. The Balaban J connectivity index is 2.20. The summed E-state index contributed by atoms with van der Waals surface area (Å²) in [5.41, 5.74) is 0.486. The van der Waals surface area contributed by atoms with Gasteiger partial charge in [0, 0.05) is 24.3 Å². The first-order valence-corrected chi connectivity index (χ1v) is 4.60. The van der Waals surface area contributed by atoms with Gasteiger partial charge in [0.2, 0.25) is 0 Å². The molecule has 0 bridgehead atoms. The van der Waals surface area contributed by atoms with Crippen molar-refractivity contribution in [2.24, 2.45) is 5.92 Å². The van der Waals surface area contributed by atoms with Crippen LogP contribution in [0.25, 0.3) is 0 Å². The van der Waals surface area contributed by atoms with E-state index in [0.717, 1.165) is 12.8 Å². The third-order valence-corrected chi connectivity index (χ3v) is 2.81. The highest BCUT2D eigenvalue weighted by atomic mass is 16.6. The van der Waals surface area contributed by atoms with Crippen molar-refractivity contribution in [1.29, 1.82) is 0 Å². The second-order valence-electron chi connectivity index (χ2n) is 3.71. The molecule has 13 heavy (non-hydrogen) atoms. The van der Waals surface area contributed by atoms with Crippen molar-refractivity contribution in [1.82, 2.24) is 0 Å². The van der Waals surface area contributed by atoms with Crippen LogP contribution in [-0.2, 0) is 14.3 Å². The first kappa shape index (κ1) is 8.48. The predicted octanol–water partition coefficient (Wildman–Crippen LogP) is 1.23. The summed E-state index contributed by atoms with van der Waals surface area (Å²) in [6.45, 7) is 3.67. The lowest BCUT2D eigenvalue weighted by Gasteiger charge is -2.11. The SMILES string of the molecule is C=C1C(=O)O[C@@H]2CCCC(=O)C[C@H]12. The Morgan fingerprint density at radius 3 is 2.92 bits per heavy atom. The lowest BCUT2D eigenvalue weighted by molar-refractivity contribution is -0.139. The molecule has 0 radical (unpaired) electrons. The van der Waals surface area contributed by atoms with E-state index >= 15 is 0 Å². The molecule has 2 aliphatic rings. The van der Waals surface area contributed by atoms with Gasteiger partial charge >= 0.3 is 5.97 Å². The third kappa shape index (κ3) is 1.39. The molecule has 0 aromatic carbocycles. The van der Waals surface area contributed by atoms with E-state index in [1.54, 1.807) is 0 Å². The number of ether oxygens (including phenoxy) is 1. The van der Waals surface area contributed by atoms with Crippen LogP contribution in [0.15, 0.2) is 12.2 Å². The normalized spacial score (nSPS) is 34.0. The van der Waals surface area contributed by atoms with Crippen molar-refractivity contribution in [2.45, 2.75) is 31.8 Å². The Labute approximate surface area is 76.8 Å². The molecule has 2 rings (SSSR count). The molecule has 2 atom stereocenters. The molecule has 0 aromatic heterocycles. The van der Waals surface area contributed by atoms with Crippen LogP contribution in [0.3, 0.4) is 0 Å². The van der Waals surface area contributed by atoms with Gasteiger partial charge in [-0.15, -0.1) is 0 Å². The van der Waals surface area contributed by atoms with E-state index in [1.807, 2.05) is 0 Å². The van der Waals surface area contributed by atoms with E-state index in [1.165, 1.54) is 0 Å². The molecule has 0 unspecified atom stereocenters. The third-order valence-electron chi connectivity index (χ3n) is 2.81. The minimum absolute atomic E-state index is 0.0394. The molecule has 1 aliphatic carbocycles. The van der Waals surface area contributed by atoms with E-state index in [4.69, 9.17) is 4.74 Å². The number of fused-ring (bicyclic) bond motifs is 1. The largest absolute Gasteiger partial charge is 0.458 e. The molecule has 0 spiro atoms. The van der Waals surface area contributed by atoms with Gasteiger partial charge < -0.3 is 4.74 Å². The fraction of sp³-hybridized carbons (Fsp3) is 0.600. The number of Topliss-reactive ketones (excluding diaryl/α,β-unsaturated/α-hetero) is 1. The van der Waals surface area contributed by atoms with Crippen molar-refractivity contribution in [2.75, 3.05) is 0 Å². The van der Waals surface area contributed by atoms with E-state index in [9.17, 15) is 9.59 Å². The topological polar surface area (TPSA) is 43.4 Å². The first-order chi connectivity index (χ1) is 6.18. The Kier molecular flexibility index (Phi) is 1.94. The standard InChI is InChI=1S/C10H12O3/c1-6-8-5-7(11)3-2-4-9(8)13-10(6)12/h8-9H,1-5H2/t8-,9-/m1/s1. The molecular formula is C10H12O3. The maximum absolute atomic E-state index is 11.3. The molecule has 1 saturated carbocycles. The maximum atomic E-state index is 11.3. The van der Waals surface area contributed by atoms with Crippen molar-refractivity contribution in [3.05, 3.63) is 12.2 Å². The van der Waals surface area contributed by atoms with Crippen LogP contribution in [0.2, 0.25) is 0 Å². The zero-order valence-electron chi connectivity index (χ0n) is 7.41. The van der Waals surface area contributed by atoms with Crippen LogP contribution >= 0.6 is 0 Å². The number of carbonyl (C=O) groups excluding carboxylic acids is 2. The van der Waals surface area contributed by atoms with Gasteiger partial charge in [-0.3, -0.25) is 4.79 Å². The van der Waals surface area contributed by atoms with Crippen LogP contribution < -0.4 is 0 Å². The average Bonchev–Trinajstić information content (AvgIpc) is 2.29. The molecule has 2 fully saturated rings. The summed E-state index contributed by atoms with van der Waals surface area (Å²) in [6, 6.07) is 0. The summed E-state index contributed by atoms with van der Waals surface area (Å²) in [5.74, 6) is -0.126. The van der Waals surface area contributed by atoms with Gasteiger partial charge in [-0.2, -0.15) is 0 Å². The Morgan fingerprint density at radius 2 is 2.15 bits per heavy atom. The van der Waals surface area contributed by atoms with Gasteiger partial charge in [0.15, 0.2) is 0 Å². The van der Waals surface area contributed by atoms with Gasteiger partial charge in [-0.05, 0) is 12.8 Å². The molecular weight excluding hydrogens is 168 g/mol. The highest BCUT2D eigenvalue weighted by Crippen LogP contribution is 2.35. The van der Waals surface area contributed by atoms with Crippen LogP contribution in [0.4, 0.5) is 0 Å². The summed E-state index contributed by atoms with van der Waals surface area (Å²) in [4.78, 5) is 22.4. The maximum Gasteiger partial charge on any atom is 0.334 e. The van der Waals surface area contributed by atoms with Crippen molar-refractivity contribution < 1.29 is 14.3 Å². The van der Waals surface area contributed by atoms with Crippen molar-refractivity contribution in [3.8, 4) is 0 Å². The molecule has 3 heteroatoms. The van der Waals surface area contributed by atoms with Gasteiger partial charge in [0.25, 0.3) is 0 Å². The molecule has 3 nitrogen and oxygen atoms in total. The number of hydrogen-bond acceptors (Lipinski definition) is 3. The number of esters is 1.